The minimum Gasteiger partial charge on any atom is -0.389 e. The second-order valence-corrected chi connectivity index (χ2v) is 2.74. The van der Waals surface area contributed by atoms with Gasteiger partial charge in [0.15, 0.2) is 27.0 Å². The molecule has 0 saturated heterocycles. The van der Waals surface area contributed by atoms with Gasteiger partial charge in [-0.2, -0.15) is 0 Å². The Balaban J connectivity index is 5.07. The van der Waals surface area contributed by atoms with Gasteiger partial charge in [-0.25, -0.2) is 0 Å². The molecule has 90 valence electrons. The van der Waals surface area contributed by atoms with Gasteiger partial charge < -0.3 is 5.11 Å². The van der Waals surface area contributed by atoms with Crippen LogP contribution in [0.4, 0.5) is 0 Å². The molecule has 0 bridgehead atoms. The van der Waals surface area contributed by atoms with Crippen LogP contribution in [0.15, 0.2) is 0 Å². The van der Waals surface area contributed by atoms with Gasteiger partial charge in [-0.05, 0) is 0 Å². The quantitative estimate of drug-likeness (QED) is 0.327. The maximum Gasteiger partial charge on any atom is 0.700 e. The molecule has 0 heterocycles. The summed E-state index contributed by atoms with van der Waals surface area (Å²) in [7, 11) is 0. The van der Waals surface area contributed by atoms with Gasteiger partial charge in [0.2, 0.25) is 0 Å². The molecule has 1 N–H and O–H groups in total. The van der Waals surface area contributed by atoms with Crippen molar-refractivity contribution in [3.05, 3.63) is 30.3 Å². The monoisotopic (exact) mass is 237 g/mol. The molecule has 0 aliphatic rings. The van der Waals surface area contributed by atoms with E-state index in [2.05, 4.69) is 0 Å². The molecule has 0 radical (unpaired) electrons. The Labute approximate surface area is 87.1 Å². The second-order valence-electron chi connectivity index (χ2n) is 2.74. The Kier molecular flexibility index (Phi) is 4.38. The molecule has 0 aromatic heterocycles. The summed E-state index contributed by atoms with van der Waals surface area (Å²) in [5, 5.41) is 39.3. The molecule has 11 heteroatoms. The van der Waals surface area contributed by atoms with Crippen molar-refractivity contribution in [1.82, 2.24) is 0 Å². The molecule has 0 spiro atoms. The number of aliphatic hydroxyl groups is 1. The summed E-state index contributed by atoms with van der Waals surface area (Å²) >= 11 is 0. The number of Topliss-reactive ketones (excluding diaryl/α,β-unsaturated/α-hetero) is 1. The van der Waals surface area contributed by atoms with Crippen LogP contribution in [-0.2, 0) is 4.79 Å². The van der Waals surface area contributed by atoms with E-state index < -0.39 is 45.8 Å². The maximum atomic E-state index is 10.6. The van der Waals surface area contributed by atoms with E-state index in [0.29, 0.717) is 0 Å². The number of hydrogen-bond donors (Lipinski definition) is 1. The third-order valence-corrected chi connectivity index (χ3v) is 1.79. The van der Waals surface area contributed by atoms with Gasteiger partial charge in [0.05, 0.1) is 0 Å². The molecule has 0 saturated carbocycles. The van der Waals surface area contributed by atoms with E-state index in [1.165, 1.54) is 0 Å². The summed E-state index contributed by atoms with van der Waals surface area (Å²) in [4.78, 5) is 36.7. The number of nitrogens with zero attached hydrogens (tertiary/aromatic N) is 3. The van der Waals surface area contributed by atoms with Gasteiger partial charge >= 0.3 is 5.79 Å². The van der Waals surface area contributed by atoms with Crippen molar-refractivity contribution in [3.63, 3.8) is 0 Å². The van der Waals surface area contributed by atoms with Crippen LogP contribution < -0.4 is 0 Å². The third-order valence-electron chi connectivity index (χ3n) is 1.79. The summed E-state index contributed by atoms with van der Waals surface area (Å²) in [6.07, 6.45) is -2.03. The van der Waals surface area contributed by atoms with Gasteiger partial charge in [-0.3, -0.25) is 35.1 Å². The normalized spacial score (nSPS) is 10.8. The van der Waals surface area contributed by atoms with Crippen molar-refractivity contribution in [3.8, 4) is 0 Å². The van der Waals surface area contributed by atoms with E-state index >= 15 is 0 Å². The lowest BCUT2D eigenvalue weighted by Crippen LogP contribution is -2.53. The maximum absolute atomic E-state index is 10.6. The molecule has 0 amide bonds. The average Bonchev–Trinajstić information content (AvgIpc) is 2.16. The molecule has 16 heavy (non-hydrogen) atoms. The summed E-state index contributed by atoms with van der Waals surface area (Å²) in [5.41, 5.74) is 0. The van der Waals surface area contributed by atoms with Crippen LogP contribution in [0.5, 0.6) is 0 Å². The van der Waals surface area contributed by atoms with E-state index in [1.807, 2.05) is 0 Å². The van der Waals surface area contributed by atoms with Gasteiger partial charge in [0.25, 0.3) is 0 Å². The SMILES string of the molecule is O=C(CO)CCC([N+](=O)[O-])([N+](=O)[O-])[N+](=O)[O-]. The molecule has 0 aliphatic heterocycles. The first-order valence-electron chi connectivity index (χ1n) is 3.85. The van der Waals surface area contributed by atoms with Crippen LogP contribution in [0.2, 0.25) is 0 Å². The van der Waals surface area contributed by atoms with Crippen LogP contribution in [0.1, 0.15) is 12.8 Å². The highest BCUT2D eigenvalue weighted by molar-refractivity contribution is 5.79. The number of nitro groups is 3. The first-order valence-corrected chi connectivity index (χ1v) is 3.85. The Morgan fingerprint density at radius 2 is 1.44 bits per heavy atom. The average molecular weight is 237 g/mol. The van der Waals surface area contributed by atoms with Gasteiger partial charge in [0.1, 0.15) is 6.61 Å². The minimum atomic E-state index is -3.63. The number of rotatable bonds is 7. The summed E-state index contributed by atoms with van der Waals surface area (Å²) in [5.74, 6) is -4.58. The lowest BCUT2D eigenvalue weighted by atomic mass is 10.1. The Bertz CT molecular complexity index is 303. The molecule has 0 aromatic rings. The number of hydrogen-bond acceptors (Lipinski definition) is 8. The molecular formula is C5H7N3O8. The first-order chi connectivity index (χ1) is 7.28. The van der Waals surface area contributed by atoms with Gasteiger partial charge in [-0.1, -0.05) is 0 Å². The molecule has 0 rings (SSSR count). The van der Waals surface area contributed by atoms with E-state index in [-0.39, 0.29) is 0 Å². The number of carbonyl (C=O) groups excluding carboxylic acids is 1. The van der Waals surface area contributed by atoms with Crippen LogP contribution in [0.25, 0.3) is 0 Å². The third kappa shape index (κ3) is 2.44. The van der Waals surface area contributed by atoms with E-state index in [4.69, 9.17) is 5.11 Å². The van der Waals surface area contributed by atoms with Crippen molar-refractivity contribution < 1.29 is 24.7 Å². The van der Waals surface area contributed by atoms with Gasteiger partial charge in [0, 0.05) is 6.42 Å². The van der Waals surface area contributed by atoms with Crippen LogP contribution in [0.3, 0.4) is 0 Å². The zero-order valence-electron chi connectivity index (χ0n) is 7.77. The predicted octanol–water partition coefficient (Wildman–Crippen LogP) is -1.19. The standard InChI is InChI=1S/C5H7N3O8/c9-3-4(10)1-2-5(6(11)12,7(13)14)8(15)16/h9H,1-3H2. The van der Waals surface area contributed by atoms with E-state index in [1.54, 1.807) is 0 Å². The largest absolute Gasteiger partial charge is 0.700 e. The molecule has 0 aliphatic carbocycles. The zero-order valence-corrected chi connectivity index (χ0v) is 7.77. The molecule has 0 fully saturated rings. The first kappa shape index (κ1) is 13.8. The lowest BCUT2D eigenvalue weighted by molar-refractivity contribution is -0.970. The molecule has 11 nitrogen and oxygen atoms in total. The van der Waals surface area contributed by atoms with E-state index in [9.17, 15) is 35.1 Å². The molecule has 0 aromatic carbocycles. The fraction of sp³-hybridized carbons (Fsp3) is 0.800. The smallest absolute Gasteiger partial charge is 0.389 e. The summed E-state index contributed by atoms with van der Waals surface area (Å²) in [6, 6.07) is 0. The fourth-order valence-corrected chi connectivity index (χ4v) is 0.860. The van der Waals surface area contributed by atoms with Crippen molar-refractivity contribution >= 4 is 5.78 Å². The highest BCUT2D eigenvalue weighted by Gasteiger charge is 2.69. The zero-order chi connectivity index (χ0) is 12.9. The van der Waals surface area contributed by atoms with E-state index in [0.717, 1.165) is 0 Å². The highest BCUT2D eigenvalue weighted by atomic mass is 16.7. The number of carbonyl (C=O) groups is 1. The van der Waals surface area contributed by atoms with Crippen molar-refractivity contribution in [2.45, 2.75) is 18.6 Å². The van der Waals surface area contributed by atoms with Crippen molar-refractivity contribution in [2.75, 3.05) is 6.61 Å². The number of ketones is 1. The van der Waals surface area contributed by atoms with Gasteiger partial charge in [-0.15, -0.1) is 0 Å². The summed E-state index contributed by atoms with van der Waals surface area (Å²) < 4.78 is 0. The number of aliphatic hydroxyl groups excluding tert-OH is 1. The minimum absolute atomic E-state index is 0.820. The van der Waals surface area contributed by atoms with Crippen molar-refractivity contribution in [1.29, 1.82) is 0 Å². The fourth-order valence-electron chi connectivity index (χ4n) is 0.860. The molecule has 0 atom stereocenters. The summed E-state index contributed by atoms with van der Waals surface area (Å²) in [6.45, 7) is -0.983. The Morgan fingerprint density at radius 3 is 1.69 bits per heavy atom. The Hall–Kier alpha value is -2.17. The second kappa shape index (κ2) is 5.06. The van der Waals surface area contributed by atoms with Crippen LogP contribution in [-0.4, -0.2) is 38.1 Å². The van der Waals surface area contributed by atoms with Crippen LogP contribution in [0, 0.1) is 30.3 Å². The topological polar surface area (TPSA) is 167 Å². The Morgan fingerprint density at radius 1 is 1.06 bits per heavy atom. The predicted molar refractivity (Wildman–Crippen MR) is 45.0 cm³/mol. The van der Waals surface area contributed by atoms with Crippen LogP contribution >= 0.6 is 0 Å². The van der Waals surface area contributed by atoms with Crippen molar-refractivity contribution in [2.24, 2.45) is 0 Å². The molecular weight excluding hydrogens is 230 g/mol. The lowest BCUT2D eigenvalue weighted by Gasteiger charge is -2.07. The highest BCUT2D eigenvalue weighted by Crippen LogP contribution is 2.19. The molecule has 0 unspecified atom stereocenters.